The van der Waals surface area contributed by atoms with E-state index >= 15 is 0 Å². The zero-order valence-electron chi connectivity index (χ0n) is 18.0. The third-order valence-corrected chi connectivity index (χ3v) is 4.92. The summed E-state index contributed by atoms with van der Waals surface area (Å²) in [6.07, 6.45) is 4.39. The number of nitrogens with one attached hydrogen (secondary N) is 2. The molecule has 0 atom stereocenters. The van der Waals surface area contributed by atoms with Crippen molar-refractivity contribution in [2.45, 2.75) is 26.3 Å². The second-order valence-corrected chi connectivity index (χ2v) is 8.52. The molecule has 0 aliphatic carbocycles. The van der Waals surface area contributed by atoms with Crippen molar-refractivity contribution in [3.63, 3.8) is 0 Å². The van der Waals surface area contributed by atoms with E-state index in [0.29, 0.717) is 16.4 Å². The Bertz CT molecular complexity index is 1250. The summed E-state index contributed by atoms with van der Waals surface area (Å²) in [5, 5.41) is 17.2. The van der Waals surface area contributed by atoms with Gasteiger partial charge in [-0.2, -0.15) is 4.98 Å². The lowest BCUT2D eigenvalue weighted by molar-refractivity contribution is 0.587. The highest BCUT2D eigenvalue weighted by Gasteiger charge is 2.15. The molecule has 1 heterocycles. The van der Waals surface area contributed by atoms with E-state index in [0.717, 1.165) is 28.5 Å². The number of nitrogens with zero attached hydrogens (tertiary/aromatic N) is 4. The van der Waals surface area contributed by atoms with E-state index in [1.165, 1.54) is 4.57 Å². The molecule has 3 aromatic rings. The topological polar surface area (TPSA) is 107 Å². The normalized spacial score (nSPS) is 12.5. The van der Waals surface area contributed by atoms with E-state index in [2.05, 4.69) is 9.98 Å². The fraction of sp³-hybridized carbons (Fsp3) is 0.217. The number of allylic oxidation sites excluding steroid dienone is 1. The van der Waals surface area contributed by atoms with Gasteiger partial charge in [-0.05, 0) is 56.7 Å². The van der Waals surface area contributed by atoms with E-state index in [4.69, 9.17) is 28.2 Å². The largest absolute Gasteiger partial charge is 0.404 e. The van der Waals surface area contributed by atoms with E-state index in [-0.39, 0.29) is 11.2 Å². The van der Waals surface area contributed by atoms with Crippen molar-refractivity contribution in [3.8, 4) is 0 Å². The molecule has 4 N–H and O–H groups in total. The third kappa shape index (κ3) is 4.83. The van der Waals surface area contributed by atoms with Gasteiger partial charge in [0.15, 0.2) is 0 Å². The van der Waals surface area contributed by atoms with Crippen LogP contribution in [0.25, 0.3) is 16.5 Å². The molecule has 0 radical (unpaired) electrons. The Labute approximate surface area is 186 Å². The number of aliphatic imine (C=N–C) groups is 1. The monoisotopic (exact) mass is 435 g/mol. The quantitative estimate of drug-likeness (QED) is 0.403. The van der Waals surface area contributed by atoms with Crippen LogP contribution >= 0.6 is 11.6 Å². The van der Waals surface area contributed by atoms with Gasteiger partial charge in [0, 0.05) is 41.1 Å². The van der Waals surface area contributed by atoms with Crippen LogP contribution in [0, 0.1) is 10.8 Å². The number of rotatable bonds is 5. The first kappa shape index (κ1) is 22.2. The van der Waals surface area contributed by atoms with Gasteiger partial charge in [-0.3, -0.25) is 20.4 Å². The number of benzene rings is 2. The molecule has 2 aromatic carbocycles. The Morgan fingerprint density at radius 1 is 1.23 bits per heavy atom. The standard InChI is InChI=1S/C23H26ClN7/c1-23(2,3)28-13-16(12-25)15-6-5-7-18(10-15)30(4)21-19-9-8-17(24)11-20(19)31(14-26)22(27)29-21/h5-14,26-27H,25H2,1-4H3. The van der Waals surface area contributed by atoms with Crippen molar-refractivity contribution < 1.29 is 0 Å². The smallest absolute Gasteiger partial charge is 0.229 e. The molecule has 31 heavy (non-hydrogen) atoms. The minimum absolute atomic E-state index is 0.0531. The molecule has 1 aromatic heterocycles. The second kappa shape index (κ2) is 8.73. The summed E-state index contributed by atoms with van der Waals surface area (Å²) in [5.41, 5.74) is 8.86. The molecule has 7 nitrogen and oxygen atoms in total. The zero-order chi connectivity index (χ0) is 22.8. The maximum atomic E-state index is 8.26. The van der Waals surface area contributed by atoms with Crippen molar-refractivity contribution in [1.29, 1.82) is 10.8 Å². The molecule has 0 fully saturated rings. The third-order valence-electron chi connectivity index (χ3n) is 4.68. The lowest BCUT2D eigenvalue weighted by Crippen LogP contribution is -2.26. The Balaban J connectivity index is 2.11. The molecule has 0 spiro atoms. The van der Waals surface area contributed by atoms with Crippen molar-refractivity contribution in [2.75, 3.05) is 11.9 Å². The van der Waals surface area contributed by atoms with Crippen LogP contribution < -0.4 is 16.3 Å². The van der Waals surface area contributed by atoms with E-state index in [1.54, 1.807) is 24.5 Å². The molecule has 0 amide bonds. The summed E-state index contributed by atoms with van der Waals surface area (Å²) in [6, 6.07) is 13.2. The van der Waals surface area contributed by atoms with Gasteiger partial charge in [0.2, 0.25) is 5.62 Å². The van der Waals surface area contributed by atoms with Crippen LogP contribution in [-0.4, -0.2) is 34.7 Å². The van der Waals surface area contributed by atoms with Crippen molar-refractivity contribution in [3.05, 3.63) is 64.9 Å². The summed E-state index contributed by atoms with van der Waals surface area (Å²) in [5.74, 6) is 0.591. The van der Waals surface area contributed by atoms with Gasteiger partial charge in [0.05, 0.1) is 17.4 Å². The number of hydrogen-bond donors (Lipinski definition) is 3. The highest BCUT2D eigenvalue weighted by atomic mass is 35.5. The van der Waals surface area contributed by atoms with E-state index in [9.17, 15) is 0 Å². The SMILES string of the molecule is CN(c1cccc(C(C=NC(C)(C)C)=CN)c1)c1nc(=N)n(C=N)c2cc(Cl)ccc12. The number of nitrogens with two attached hydrogens (primary N) is 1. The lowest BCUT2D eigenvalue weighted by atomic mass is 10.1. The van der Waals surface area contributed by atoms with Gasteiger partial charge < -0.3 is 10.6 Å². The predicted molar refractivity (Wildman–Crippen MR) is 130 cm³/mol. The summed E-state index contributed by atoms with van der Waals surface area (Å²) < 4.78 is 1.38. The number of fused-ring (bicyclic) bond motifs is 1. The lowest BCUT2D eigenvalue weighted by Gasteiger charge is -2.22. The highest BCUT2D eigenvalue weighted by molar-refractivity contribution is 6.31. The molecule has 160 valence electrons. The van der Waals surface area contributed by atoms with Crippen LogP contribution in [-0.2, 0) is 0 Å². The minimum atomic E-state index is -0.203. The molecular weight excluding hydrogens is 410 g/mol. The Hall–Kier alpha value is -3.45. The van der Waals surface area contributed by atoms with E-state index in [1.807, 2.05) is 63.1 Å². The van der Waals surface area contributed by atoms with Crippen LogP contribution in [0.2, 0.25) is 5.02 Å². The summed E-state index contributed by atoms with van der Waals surface area (Å²) in [6.45, 7) is 6.08. The first-order valence-electron chi connectivity index (χ1n) is 9.73. The summed E-state index contributed by atoms with van der Waals surface area (Å²) >= 11 is 6.17. The Morgan fingerprint density at radius 2 is 1.97 bits per heavy atom. The summed E-state index contributed by atoms with van der Waals surface area (Å²) in [7, 11) is 1.89. The Kier molecular flexibility index (Phi) is 6.27. The van der Waals surface area contributed by atoms with Crippen molar-refractivity contribution >= 4 is 52.1 Å². The average molecular weight is 436 g/mol. The molecular formula is C23H26ClN7. The first-order chi connectivity index (χ1) is 14.6. The maximum Gasteiger partial charge on any atom is 0.229 e. The van der Waals surface area contributed by atoms with Gasteiger partial charge in [-0.15, -0.1) is 0 Å². The fourth-order valence-corrected chi connectivity index (χ4v) is 3.27. The van der Waals surface area contributed by atoms with Crippen molar-refractivity contribution in [2.24, 2.45) is 10.7 Å². The molecule has 0 aliphatic rings. The van der Waals surface area contributed by atoms with Gasteiger partial charge >= 0.3 is 0 Å². The fourth-order valence-electron chi connectivity index (χ4n) is 3.10. The maximum absolute atomic E-state index is 8.26. The molecule has 0 aliphatic heterocycles. The molecule has 0 saturated carbocycles. The highest BCUT2D eigenvalue weighted by Crippen LogP contribution is 2.30. The second-order valence-electron chi connectivity index (χ2n) is 8.08. The number of hydrogen-bond acceptors (Lipinski definition) is 6. The predicted octanol–water partition coefficient (Wildman–Crippen LogP) is 4.56. The van der Waals surface area contributed by atoms with Crippen LogP contribution in [0.4, 0.5) is 11.5 Å². The molecule has 0 unspecified atom stereocenters. The Morgan fingerprint density at radius 3 is 2.61 bits per heavy atom. The summed E-state index contributed by atoms with van der Waals surface area (Å²) in [4.78, 5) is 10.9. The number of halogens is 1. The van der Waals surface area contributed by atoms with Gasteiger partial charge in [-0.25, -0.2) is 0 Å². The van der Waals surface area contributed by atoms with Crippen molar-refractivity contribution in [1.82, 2.24) is 9.55 Å². The number of anilines is 2. The van der Waals surface area contributed by atoms with Crippen LogP contribution in [0.5, 0.6) is 0 Å². The van der Waals surface area contributed by atoms with Gasteiger partial charge in [-0.1, -0.05) is 23.7 Å². The van der Waals surface area contributed by atoms with Crippen LogP contribution in [0.1, 0.15) is 26.3 Å². The van der Waals surface area contributed by atoms with Gasteiger partial charge in [0.25, 0.3) is 0 Å². The average Bonchev–Trinajstić information content (AvgIpc) is 2.72. The molecule has 0 saturated heterocycles. The molecule has 3 rings (SSSR count). The van der Waals surface area contributed by atoms with E-state index < -0.39 is 0 Å². The zero-order valence-corrected chi connectivity index (χ0v) is 18.8. The first-order valence-corrected chi connectivity index (χ1v) is 10.1. The number of aromatic nitrogens is 2. The molecule has 8 heteroatoms. The van der Waals surface area contributed by atoms with Crippen LogP contribution in [0.15, 0.2) is 53.7 Å². The van der Waals surface area contributed by atoms with Crippen LogP contribution in [0.3, 0.4) is 0 Å². The van der Waals surface area contributed by atoms with Gasteiger partial charge in [0.1, 0.15) is 5.82 Å². The minimum Gasteiger partial charge on any atom is -0.404 e. The molecule has 0 bridgehead atoms.